The Morgan fingerprint density at radius 2 is 1.87 bits per heavy atom. The largest absolute Gasteiger partial charge is 0.483 e. The minimum absolute atomic E-state index is 0.190. The number of benzene rings is 2. The highest BCUT2D eigenvalue weighted by Gasteiger charge is 2.08. The highest BCUT2D eigenvalue weighted by atomic mass is 79.9. The first-order valence-corrected chi connectivity index (χ1v) is 7.50. The van der Waals surface area contributed by atoms with E-state index in [2.05, 4.69) is 21.2 Å². The van der Waals surface area contributed by atoms with Gasteiger partial charge < -0.3 is 20.9 Å². The van der Waals surface area contributed by atoms with Crippen molar-refractivity contribution < 1.29 is 19.4 Å². The zero-order valence-electron chi connectivity index (χ0n) is 12.1. The van der Waals surface area contributed by atoms with Gasteiger partial charge in [-0.25, -0.2) is 0 Å². The molecular formula is C16H15BrN2O4. The third kappa shape index (κ3) is 4.80. The molecule has 120 valence electrons. The number of halogens is 1. The Balaban J connectivity index is 1.94. The Morgan fingerprint density at radius 3 is 2.48 bits per heavy atom. The Labute approximate surface area is 141 Å². The van der Waals surface area contributed by atoms with Crippen LogP contribution in [0.15, 0.2) is 46.9 Å². The van der Waals surface area contributed by atoms with Crippen molar-refractivity contribution in [2.45, 2.75) is 6.61 Å². The van der Waals surface area contributed by atoms with Gasteiger partial charge in [0, 0.05) is 21.3 Å². The number of ether oxygens (including phenoxy) is 1. The molecule has 0 bridgehead atoms. The van der Waals surface area contributed by atoms with Crippen molar-refractivity contribution >= 4 is 33.4 Å². The monoisotopic (exact) mass is 378 g/mol. The van der Waals surface area contributed by atoms with Crippen molar-refractivity contribution in [3.8, 4) is 5.75 Å². The maximum absolute atomic E-state index is 11.9. The summed E-state index contributed by atoms with van der Waals surface area (Å²) >= 11 is 3.30. The second-order valence-electron chi connectivity index (χ2n) is 4.69. The number of carbonyl (C=O) groups excluding carboxylic acids is 2. The SMILES string of the molecule is NC(=O)c1ccc(NC(=O)COc2ccc(Br)cc2CO)cc1. The van der Waals surface area contributed by atoms with Crippen LogP contribution in [0.5, 0.6) is 5.75 Å². The van der Waals surface area contributed by atoms with Crippen molar-refractivity contribution in [3.63, 3.8) is 0 Å². The van der Waals surface area contributed by atoms with Crippen molar-refractivity contribution in [1.82, 2.24) is 0 Å². The van der Waals surface area contributed by atoms with Gasteiger partial charge in [0.15, 0.2) is 6.61 Å². The number of rotatable bonds is 6. The number of aliphatic hydroxyl groups is 1. The van der Waals surface area contributed by atoms with Crippen LogP contribution in [0.2, 0.25) is 0 Å². The van der Waals surface area contributed by atoms with Crippen LogP contribution in [-0.2, 0) is 11.4 Å². The molecule has 0 saturated carbocycles. The van der Waals surface area contributed by atoms with Crippen molar-refractivity contribution in [2.75, 3.05) is 11.9 Å². The molecule has 0 saturated heterocycles. The molecule has 0 radical (unpaired) electrons. The van der Waals surface area contributed by atoms with Crippen molar-refractivity contribution in [2.24, 2.45) is 5.73 Å². The lowest BCUT2D eigenvalue weighted by Crippen LogP contribution is -2.20. The van der Waals surface area contributed by atoms with E-state index >= 15 is 0 Å². The first kappa shape index (κ1) is 17.0. The van der Waals surface area contributed by atoms with Crippen LogP contribution >= 0.6 is 15.9 Å². The van der Waals surface area contributed by atoms with Crippen LogP contribution in [0.25, 0.3) is 0 Å². The molecule has 0 heterocycles. The molecule has 2 aromatic carbocycles. The molecule has 0 aliphatic carbocycles. The van der Waals surface area contributed by atoms with Gasteiger partial charge in [-0.1, -0.05) is 15.9 Å². The van der Waals surface area contributed by atoms with Crippen LogP contribution in [-0.4, -0.2) is 23.5 Å². The maximum atomic E-state index is 11.9. The number of anilines is 1. The Bertz CT molecular complexity index is 717. The quantitative estimate of drug-likeness (QED) is 0.715. The normalized spacial score (nSPS) is 10.2. The molecule has 0 fully saturated rings. The summed E-state index contributed by atoms with van der Waals surface area (Å²) in [6.07, 6.45) is 0. The molecule has 0 unspecified atom stereocenters. The lowest BCUT2D eigenvalue weighted by molar-refractivity contribution is -0.118. The molecule has 2 rings (SSSR count). The molecule has 2 aromatic rings. The average molecular weight is 379 g/mol. The van der Waals surface area contributed by atoms with E-state index in [1.54, 1.807) is 30.3 Å². The minimum atomic E-state index is -0.530. The third-order valence-electron chi connectivity index (χ3n) is 3.00. The van der Waals surface area contributed by atoms with E-state index < -0.39 is 5.91 Å². The fourth-order valence-corrected chi connectivity index (χ4v) is 2.28. The maximum Gasteiger partial charge on any atom is 0.262 e. The third-order valence-corrected chi connectivity index (χ3v) is 3.50. The second-order valence-corrected chi connectivity index (χ2v) is 5.60. The molecule has 6 nitrogen and oxygen atoms in total. The number of hydrogen-bond donors (Lipinski definition) is 3. The Morgan fingerprint density at radius 1 is 1.17 bits per heavy atom. The number of carbonyl (C=O) groups is 2. The second kappa shape index (κ2) is 7.75. The van der Waals surface area contributed by atoms with Gasteiger partial charge >= 0.3 is 0 Å². The van der Waals surface area contributed by atoms with Gasteiger partial charge in [-0.3, -0.25) is 9.59 Å². The lowest BCUT2D eigenvalue weighted by Gasteiger charge is -2.11. The number of hydrogen-bond acceptors (Lipinski definition) is 4. The number of primary amides is 1. The van der Waals surface area contributed by atoms with Gasteiger partial charge in [0.1, 0.15) is 5.75 Å². The summed E-state index contributed by atoms with van der Waals surface area (Å²) < 4.78 is 6.22. The zero-order chi connectivity index (χ0) is 16.8. The van der Waals surface area contributed by atoms with Gasteiger partial charge in [-0.05, 0) is 42.5 Å². The molecule has 0 aliphatic heterocycles. The summed E-state index contributed by atoms with van der Waals surface area (Å²) in [5.41, 5.74) is 6.62. The molecule has 4 N–H and O–H groups in total. The van der Waals surface area contributed by atoms with Crippen molar-refractivity contribution in [3.05, 3.63) is 58.1 Å². The van der Waals surface area contributed by atoms with Gasteiger partial charge in [0.05, 0.1) is 6.61 Å². The standard InChI is InChI=1S/C16H15BrN2O4/c17-12-3-6-14(11(7-12)8-20)23-9-15(21)19-13-4-1-10(2-5-13)16(18)22/h1-7,20H,8-9H2,(H2,18,22)(H,19,21). The van der Waals surface area contributed by atoms with Crippen LogP contribution in [0.1, 0.15) is 15.9 Å². The highest BCUT2D eigenvalue weighted by molar-refractivity contribution is 9.10. The highest BCUT2D eigenvalue weighted by Crippen LogP contribution is 2.23. The van der Waals surface area contributed by atoms with Crippen LogP contribution in [0.4, 0.5) is 5.69 Å². The predicted octanol–water partition coefficient (Wildman–Crippen LogP) is 2.06. The van der Waals surface area contributed by atoms with Gasteiger partial charge in [0.2, 0.25) is 5.91 Å². The van der Waals surface area contributed by atoms with Gasteiger partial charge in [-0.15, -0.1) is 0 Å². The van der Waals surface area contributed by atoms with E-state index in [1.165, 1.54) is 12.1 Å². The van der Waals surface area contributed by atoms with E-state index in [0.717, 1.165) is 4.47 Å². The molecule has 0 aromatic heterocycles. The van der Waals surface area contributed by atoms with Crippen LogP contribution in [0.3, 0.4) is 0 Å². The van der Waals surface area contributed by atoms with Gasteiger partial charge in [-0.2, -0.15) is 0 Å². The fraction of sp³-hybridized carbons (Fsp3) is 0.125. The van der Waals surface area contributed by atoms with E-state index in [9.17, 15) is 14.7 Å². The average Bonchev–Trinajstić information content (AvgIpc) is 2.54. The molecular weight excluding hydrogens is 364 g/mol. The number of aliphatic hydroxyl groups excluding tert-OH is 1. The summed E-state index contributed by atoms with van der Waals surface area (Å²) in [7, 11) is 0. The zero-order valence-corrected chi connectivity index (χ0v) is 13.7. The van der Waals surface area contributed by atoms with E-state index in [1.807, 2.05) is 0 Å². The number of nitrogens with one attached hydrogen (secondary N) is 1. The molecule has 23 heavy (non-hydrogen) atoms. The summed E-state index contributed by atoms with van der Waals surface area (Å²) in [5, 5.41) is 11.9. The summed E-state index contributed by atoms with van der Waals surface area (Å²) in [6.45, 7) is -0.392. The molecule has 2 amide bonds. The minimum Gasteiger partial charge on any atom is -0.483 e. The van der Waals surface area contributed by atoms with E-state index in [4.69, 9.17) is 10.5 Å². The molecule has 0 aliphatic rings. The Hall–Kier alpha value is -2.38. The Kier molecular flexibility index (Phi) is 5.72. The number of amides is 2. The molecule has 0 spiro atoms. The smallest absolute Gasteiger partial charge is 0.262 e. The van der Waals surface area contributed by atoms with E-state index in [-0.39, 0.29) is 19.1 Å². The van der Waals surface area contributed by atoms with Crippen molar-refractivity contribution in [1.29, 1.82) is 0 Å². The first-order valence-electron chi connectivity index (χ1n) is 6.71. The van der Waals surface area contributed by atoms with Crippen LogP contribution in [0, 0.1) is 0 Å². The van der Waals surface area contributed by atoms with E-state index in [0.29, 0.717) is 22.6 Å². The van der Waals surface area contributed by atoms with Gasteiger partial charge in [0.25, 0.3) is 5.91 Å². The predicted molar refractivity (Wildman–Crippen MR) is 89.1 cm³/mol. The molecule has 0 atom stereocenters. The number of nitrogens with two attached hydrogens (primary N) is 1. The summed E-state index contributed by atoms with van der Waals surface area (Å²) in [6, 6.07) is 11.4. The lowest BCUT2D eigenvalue weighted by atomic mass is 10.2. The summed E-state index contributed by atoms with van der Waals surface area (Å²) in [5.74, 6) is -0.448. The topological polar surface area (TPSA) is 102 Å². The molecule has 7 heteroatoms. The fourth-order valence-electron chi connectivity index (χ4n) is 1.87. The summed E-state index contributed by atoms with van der Waals surface area (Å²) in [4.78, 5) is 22.8. The first-order chi connectivity index (χ1) is 11.0. The van der Waals surface area contributed by atoms with Crippen LogP contribution < -0.4 is 15.8 Å².